The van der Waals surface area contributed by atoms with Crippen molar-refractivity contribution in [2.75, 3.05) is 0 Å². The fraction of sp³-hybridized carbons (Fsp3) is 0.417. The van der Waals surface area contributed by atoms with E-state index in [1.54, 1.807) is 0 Å². The third-order valence-corrected chi connectivity index (χ3v) is 2.90. The monoisotopic (exact) mass is 367 g/mol. The molecule has 0 aliphatic carbocycles. The molecular formula is C12H10F5N5O3. The van der Waals surface area contributed by atoms with Crippen LogP contribution in [0.5, 0.6) is 0 Å². The Balaban J connectivity index is 2.24. The zero-order chi connectivity index (χ0) is 18.8. The lowest BCUT2D eigenvalue weighted by molar-refractivity contribution is -0.291. The molecule has 2 aromatic heterocycles. The summed E-state index contributed by atoms with van der Waals surface area (Å²) in [6.07, 6.45) is -5.87. The number of aromatic nitrogens is 5. The standard InChI is InChI=1S/C12H10F5N5O3/c1-22-20-9(19-21-22)5-25-4-7-6(10(23)24)2-3-8(18-7)11(13,14)12(15,16)17/h2-3H,4-5H2,1H3,(H,23,24). The number of aromatic carboxylic acids is 1. The summed E-state index contributed by atoms with van der Waals surface area (Å²) in [5, 5.41) is 19.8. The zero-order valence-electron chi connectivity index (χ0n) is 12.5. The predicted octanol–water partition coefficient (Wildman–Crippen LogP) is 1.67. The minimum atomic E-state index is -5.87. The first kappa shape index (κ1) is 18.6. The molecule has 0 bridgehead atoms. The Morgan fingerprint density at radius 2 is 1.92 bits per heavy atom. The van der Waals surface area contributed by atoms with Gasteiger partial charge in [0.2, 0.25) is 0 Å². The maximum Gasteiger partial charge on any atom is 0.459 e. The molecule has 0 saturated carbocycles. The van der Waals surface area contributed by atoms with Gasteiger partial charge in [0.15, 0.2) is 5.82 Å². The van der Waals surface area contributed by atoms with E-state index < -0.39 is 41.6 Å². The molecule has 13 heteroatoms. The van der Waals surface area contributed by atoms with Crippen LogP contribution in [0, 0.1) is 0 Å². The lowest BCUT2D eigenvalue weighted by Gasteiger charge is -2.20. The van der Waals surface area contributed by atoms with Crippen molar-refractivity contribution in [1.29, 1.82) is 0 Å². The third kappa shape index (κ3) is 4.04. The summed E-state index contributed by atoms with van der Waals surface area (Å²) in [7, 11) is 1.48. The van der Waals surface area contributed by atoms with Crippen LogP contribution in [-0.2, 0) is 30.9 Å². The van der Waals surface area contributed by atoms with E-state index in [1.807, 2.05) is 0 Å². The van der Waals surface area contributed by atoms with Gasteiger partial charge in [0.05, 0.1) is 24.9 Å². The number of carboxylic acids is 1. The van der Waals surface area contributed by atoms with Crippen LogP contribution >= 0.6 is 0 Å². The number of tetrazole rings is 1. The molecule has 2 aromatic rings. The first-order chi connectivity index (χ1) is 11.5. The highest BCUT2D eigenvalue weighted by Gasteiger charge is 2.60. The molecule has 0 atom stereocenters. The van der Waals surface area contributed by atoms with Gasteiger partial charge in [-0.3, -0.25) is 0 Å². The molecule has 0 aromatic carbocycles. The van der Waals surface area contributed by atoms with Gasteiger partial charge in [-0.15, -0.1) is 10.2 Å². The number of aryl methyl sites for hydroxylation is 1. The summed E-state index contributed by atoms with van der Waals surface area (Å²) in [5.41, 5.74) is -2.77. The van der Waals surface area contributed by atoms with Crippen molar-refractivity contribution in [2.45, 2.75) is 25.3 Å². The van der Waals surface area contributed by atoms with Gasteiger partial charge < -0.3 is 9.84 Å². The number of pyridine rings is 1. The minimum Gasteiger partial charge on any atom is -0.478 e. The van der Waals surface area contributed by atoms with Gasteiger partial charge in [0.25, 0.3) is 0 Å². The molecule has 1 N–H and O–H groups in total. The van der Waals surface area contributed by atoms with E-state index in [-0.39, 0.29) is 12.4 Å². The van der Waals surface area contributed by atoms with Crippen molar-refractivity contribution in [3.63, 3.8) is 0 Å². The van der Waals surface area contributed by atoms with Gasteiger partial charge in [0.1, 0.15) is 12.3 Å². The van der Waals surface area contributed by atoms with Gasteiger partial charge in [-0.25, -0.2) is 9.78 Å². The number of hydrogen-bond donors (Lipinski definition) is 1. The second-order valence-corrected chi connectivity index (χ2v) is 4.76. The average molecular weight is 367 g/mol. The molecule has 25 heavy (non-hydrogen) atoms. The van der Waals surface area contributed by atoms with Gasteiger partial charge in [0, 0.05) is 0 Å². The van der Waals surface area contributed by atoms with Crippen LogP contribution in [0.25, 0.3) is 0 Å². The maximum absolute atomic E-state index is 13.4. The number of halogens is 5. The second kappa shape index (κ2) is 6.66. The van der Waals surface area contributed by atoms with Crippen molar-refractivity contribution in [2.24, 2.45) is 7.05 Å². The fourth-order valence-corrected chi connectivity index (χ4v) is 1.75. The van der Waals surface area contributed by atoms with Crippen LogP contribution in [0.1, 0.15) is 27.6 Å². The van der Waals surface area contributed by atoms with Crippen molar-refractivity contribution < 1.29 is 36.6 Å². The van der Waals surface area contributed by atoms with Crippen molar-refractivity contribution in [3.05, 3.63) is 34.9 Å². The Morgan fingerprint density at radius 3 is 2.44 bits per heavy atom. The first-order valence-corrected chi connectivity index (χ1v) is 6.51. The summed E-state index contributed by atoms with van der Waals surface area (Å²) in [6.45, 7) is -0.907. The number of alkyl halides is 5. The maximum atomic E-state index is 13.4. The summed E-state index contributed by atoms with van der Waals surface area (Å²) in [6, 6.07) is 0.925. The number of nitrogens with zero attached hydrogens (tertiary/aromatic N) is 5. The van der Waals surface area contributed by atoms with Gasteiger partial charge in [-0.1, -0.05) is 0 Å². The highest BCUT2D eigenvalue weighted by molar-refractivity contribution is 5.88. The SMILES string of the molecule is Cn1nnc(COCc2nc(C(F)(F)C(F)(F)F)ccc2C(=O)O)n1. The highest BCUT2D eigenvalue weighted by Crippen LogP contribution is 2.43. The molecule has 2 rings (SSSR count). The van der Waals surface area contributed by atoms with Gasteiger partial charge in [-0.2, -0.15) is 26.7 Å². The van der Waals surface area contributed by atoms with Crippen LogP contribution in [-0.4, -0.2) is 42.4 Å². The number of hydrogen-bond acceptors (Lipinski definition) is 6. The van der Waals surface area contributed by atoms with E-state index in [0.717, 1.165) is 4.80 Å². The highest BCUT2D eigenvalue weighted by atomic mass is 19.4. The molecule has 0 aliphatic heterocycles. The summed E-state index contributed by atoms with van der Waals surface area (Å²) in [4.78, 5) is 15.3. The molecule has 2 heterocycles. The average Bonchev–Trinajstić information content (AvgIpc) is 2.91. The van der Waals surface area contributed by atoms with E-state index in [9.17, 15) is 26.7 Å². The van der Waals surface area contributed by atoms with Crippen LogP contribution in [0.4, 0.5) is 22.0 Å². The molecule has 0 unspecified atom stereocenters. The van der Waals surface area contributed by atoms with Crippen LogP contribution in [0.2, 0.25) is 0 Å². The van der Waals surface area contributed by atoms with Crippen molar-refractivity contribution in [3.8, 4) is 0 Å². The summed E-state index contributed by atoms with van der Waals surface area (Å²) < 4.78 is 69.0. The summed E-state index contributed by atoms with van der Waals surface area (Å²) in [5.74, 6) is -6.67. The molecule has 0 fully saturated rings. The molecule has 0 spiro atoms. The Labute approximate surface area is 136 Å². The molecule has 8 nitrogen and oxygen atoms in total. The lowest BCUT2D eigenvalue weighted by atomic mass is 10.1. The Bertz CT molecular complexity index is 777. The molecule has 0 amide bonds. The van der Waals surface area contributed by atoms with Crippen LogP contribution < -0.4 is 0 Å². The largest absolute Gasteiger partial charge is 0.478 e. The lowest BCUT2D eigenvalue weighted by Crippen LogP contribution is -2.35. The van der Waals surface area contributed by atoms with Crippen LogP contribution in [0.15, 0.2) is 12.1 Å². The second-order valence-electron chi connectivity index (χ2n) is 4.76. The first-order valence-electron chi connectivity index (χ1n) is 6.51. The molecule has 0 radical (unpaired) electrons. The van der Waals surface area contributed by atoms with Crippen LogP contribution in [0.3, 0.4) is 0 Å². The quantitative estimate of drug-likeness (QED) is 0.775. The van der Waals surface area contributed by atoms with Gasteiger partial charge in [-0.05, 0) is 17.3 Å². The Hall–Kier alpha value is -2.70. The Kier molecular flexibility index (Phi) is 4.97. The van der Waals surface area contributed by atoms with Crippen molar-refractivity contribution in [1.82, 2.24) is 25.2 Å². The number of carbonyl (C=O) groups is 1. The summed E-state index contributed by atoms with van der Waals surface area (Å²) >= 11 is 0. The minimum absolute atomic E-state index is 0.108. The third-order valence-electron chi connectivity index (χ3n) is 2.90. The van der Waals surface area contributed by atoms with E-state index in [0.29, 0.717) is 12.1 Å². The van der Waals surface area contributed by atoms with E-state index >= 15 is 0 Å². The van der Waals surface area contributed by atoms with E-state index in [2.05, 4.69) is 20.4 Å². The van der Waals surface area contributed by atoms with Crippen molar-refractivity contribution >= 4 is 5.97 Å². The number of rotatable bonds is 6. The predicted molar refractivity (Wildman–Crippen MR) is 68.4 cm³/mol. The Morgan fingerprint density at radius 1 is 1.24 bits per heavy atom. The van der Waals surface area contributed by atoms with E-state index in [4.69, 9.17) is 9.84 Å². The smallest absolute Gasteiger partial charge is 0.459 e. The van der Waals surface area contributed by atoms with Gasteiger partial charge >= 0.3 is 18.1 Å². The molecule has 0 saturated heterocycles. The topological polar surface area (TPSA) is 103 Å². The normalized spacial score (nSPS) is 12.4. The molecule has 136 valence electrons. The zero-order valence-corrected chi connectivity index (χ0v) is 12.5. The number of carboxylic acid groups (broad SMARTS) is 1. The fourth-order valence-electron chi connectivity index (χ4n) is 1.75. The number of ether oxygens (including phenoxy) is 1. The van der Waals surface area contributed by atoms with E-state index in [1.165, 1.54) is 7.05 Å². The molecular weight excluding hydrogens is 357 g/mol. The molecule has 0 aliphatic rings.